The van der Waals surface area contributed by atoms with Crippen LogP contribution in [-0.2, 0) is 11.3 Å². The van der Waals surface area contributed by atoms with Crippen LogP contribution in [0.1, 0.15) is 57.2 Å². The van der Waals surface area contributed by atoms with Gasteiger partial charge in [0.25, 0.3) is 0 Å². The fourth-order valence-corrected chi connectivity index (χ4v) is 1.46. The average molecular weight is 269 g/mol. The molecule has 6 heteroatoms. The number of aromatic nitrogens is 3. The molecule has 1 aromatic rings. The molecule has 108 valence electrons. The van der Waals surface area contributed by atoms with Gasteiger partial charge in [-0.2, -0.15) is 0 Å². The van der Waals surface area contributed by atoms with Crippen LogP contribution in [-0.4, -0.2) is 37.3 Å². The van der Waals surface area contributed by atoms with Crippen molar-refractivity contribution in [3.8, 4) is 0 Å². The third kappa shape index (κ3) is 4.31. The Morgan fingerprint density at radius 3 is 2.42 bits per heavy atom. The van der Waals surface area contributed by atoms with Crippen LogP contribution in [0.25, 0.3) is 0 Å². The lowest BCUT2D eigenvalue weighted by molar-refractivity contribution is 0.00606. The lowest BCUT2D eigenvalue weighted by Gasteiger charge is -2.21. The second-order valence-corrected chi connectivity index (χ2v) is 6.03. The number of aliphatic hydroxyl groups is 1. The van der Waals surface area contributed by atoms with Crippen molar-refractivity contribution in [3.05, 3.63) is 11.4 Å². The van der Waals surface area contributed by atoms with Crippen LogP contribution in [0.5, 0.6) is 0 Å². The van der Waals surface area contributed by atoms with Crippen LogP contribution >= 0.6 is 0 Å². The fraction of sp³-hybridized carbons (Fsp3) is 0.769. The minimum absolute atomic E-state index is 0.196. The van der Waals surface area contributed by atoms with E-state index in [0.29, 0.717) is 18.7 Å². The second-order valence-electron chi connectivity index (χ2n) is 6.03. The predicted molar refractivity (Wildman–Crippen MR) is 70.8 cm³/mol. The van der Waals surface area contributed by atoms with E-state index in [4.69, 9.17) is 4.74 Å². The molecule has 0 aliphatic heterocycles. The molecule has 0 radical (unpaired) electrons. The Morgan fingerprint density at radius 1 is 1.37 bits per heavy atom. The van der Waals surface area contributed by atoms with Gasteiger partial charge in [0.05, 0.1) is 17.8 Å². The summed E-state index contributed by atoms with van der Waals surface area (Å²) in [6, 6.07) is 0. The molecule has 1 rings (SSSR count). The number of esters is 1. The van der Waals surface area contributed by atoms with E-state index in [9.17, 15) is 9.90 Å². The Kier molecular flexibility index (Phi) is 4.35. The molecule has 1 atom stereocenters. The van der Waals surface area contributed by atoms with Gasteiger partial charge >= 0.3 is 5.97 Å². The molecule has 0 bridgehead atoms. The number of nitrogens with zero attached hydrogens (tertiary/aromatic N) is 3. The minimum Gasteiger partial charge on any atom is -0.455 e. The summed E-state index contributed by atoms with van der Waals surface area (Å²) in [5.74, 6) is -0.493. The third-order valence-corrected chi connectivity index (χ3v) is 2.83. The van der Waals surface area contributed by atoms with Crippen LogP contribution < -0.4 is 0 Å². The van der Waals surface area contributed by atoms with Crippen LogP contribution in [0, 0.1) is 6.92 Å². The van der Waals surface area contributed by atoms with Crippen molar-refractivity contribution in [2.75, 3.05) is 0 Å². The number of hydrogen-bond acceptors (Lipinski definition) is 5. The van der Waals surface area contributed by atoms with E-state index < -0.39 is 17.2 Å². The average Bonchev–Trinajstić information content (AvgIpc) is 2.57. The van der Waals surface area contributed by atoms with Gasteiger partial charge in [-0.1, -0.05) is 12.1 Å². The van der Waals surface area contributed by atoms with E-state index in [1.165, 1.54) is 4.68 Å². The summed E-state index contributed by atoms with van der Waals surface area (Å²) in [6.45, 7) is 11.0. The molecule has 0 spiro atoms. The molecule has 0 amide bonds. The fourth-order valence-electron chi connectivity index (χ4n) is 1.46. The molecular formula is C13H23N3O3. The van der Waals surface area contributed by atoms with Crippen molar-refractivity contribution in [1.82, 2.24) is 15.0 Å². The normalized spacial score (nSPS) is 15.1. The van der Waals surface area contributed by atoms with Crippen LogP contribution in [0.4, 0.5) is 0 Å². The molecule has 1 N–H and O–H groups in total. The van der Waals surface area contributed by atoms with E-state index in [1.54, 1.807) is 34.6 Å². The molecule has 0 fully saturated rings. The smallest absolute Gasteiger partial charge is 0.361 e. The SMILES string of the molecule is CCC(C)(O)Cn1nnc(C(=O)OC(C)(C)C)c1C. The maximum absolute atomic E-state index is 11.9. The van der Waals surface area contributed by atoms with Crippen LogP contribution in [0.3, 0.4) is 0 Å². The van der Waals surface area contributed by atoms with Crippen molar-refractivity contribution in [3.63, 3.8) is 0 Å². The van der Waals surface area contributed by atoms with Crippen molar-refractivity contribution < 1.29 is 14.6 Å². The summed E-state index contributed by atoms with van der Waals surface area (Å²) in [5, 5.41) is 17.8. The highest BCUT2D eigenvalue weighted by molar-refractivity contribution is 5.88. The predicted octanol–water partition coefficient (Wildman–Crippen LogP) is 1.70. The highest BCUT2D eigenvalue weighted by Crippen LogP contribution is 2.16. The molecule has 6 nitrogen and oxygen atoms in total. The molecule has 0 aromatic carbocycles. The Morgan fingerprint density at radius 2 is 1.95 bits per heavy atom. The van der Waals surface area contributed by atoms with Gasteiger partial charge in [-0.05, 0) is 41.0 Å². The number of ether oxygens (including phenoxy) is 1. The van der Waals surface area contributed by atoms with Crippen molar-refractivity contribution in [1.29, 1.82) is 0 Å². The number of hydrogen-bond donors (Lipinski definition) is 1. The maximum atomic E-state index is 11.9. The molecule has 0 saturated carbocycles. The number of carbonyl (C=O) groups excluding carboxylic acids is 1. The Bertz CT molecular complexity index is 458. The van der Waals surface area contributed by atoms with E-state index in [-0.39, 0.29) is 5.69 Å². The summed E-state index contributed by atoms with van der Waals surface area (Å²) in [7, 11) is 0. The zero-order valence-corrected chi connectivity index (χ0v) is 12.5. The van der Waals surface area contributed by atoms with Crippen molar-refractivity contribution >= 4 is 5.97 Å². The van der Waals surface area contributed by atoms with E-state index in [1.807, 2.05) is 6.92 Å². The first-order chi connectivity index (χ1) is 8.56. The summed E-state index contributed by atoms with van der Waals surface area (Å²) < 4.78 is 6.79. The lowest BCUT2D eigenvalue weighted by atomic mass is 10.0. The van der Waals surface area contributed by atoms with Crippen molar-refractivity contribution in [2.24, 2.45) is 0 Å². The first-order valence-corrected chi connectivity index (χ1v) is 6.41. The Balaban J connectivity index is 2.90. The second kappa shape index (κ2) is 5.28. The molecular weight excluding hydrogens is 246 g/mol. The monoisotopic (exact) mass is 269 g/mol. The van der Waals surface area contributed by atoms with Gasteiger partial charge in [0.1, 0.15) is 5.60 Å². The minimum atomic E-state index is -0.871. The van der Waals surface area contributed by atoms with Gasteiger partial charge in [-0.15, -0.1) is 5.10 Å². The Hall–Kier alpha value is -1.43. The van der Waals surface area contributed by atoms with E-state index in [0.717, 1.165) is 0 Å². The summed E-state index contributed by atoms with van der Waals surface area (Å²) in [5.41, 5.74) is -0.643. The zero-order chi connectivity index (χ0) is 14.8. The number of carbonyl (C=O) groups is 1. The molecule has 1 aromatic heterocycles. The van der Waals surface area contributed by atoms with Crippen LogP contribution in [0.2, 0.25) is 0 Å². The van der Waals surface area contributed by atoms with Gasteiger partial charge < -0.3 is 9.84 Å². The third-order valence-electron chi connectivity index (χ3n) is 2.83. The summed E-state index contributed by atoms with van der Waals surface area (Å²) in [4.78, 5) is 11.9. The summed E-state index contributed by atoms with van der Waals surface area (Å²) in [6.07, 6.45) is 0.591. The summed E-state index contributed by atoms with van der Waals surface area (Å²) >= 11 is 0. The molecule has 0 aliphatic carbocycles. The topological polar surface area (TPSA) is 77.2 Å². The van der Waals surface area contributed by atoms with Crippen molar-refractivity contribution in [2.45, 2.75) is 65.7 Å². The lowest BCUT2D eigenvalue weighted by Crippen LogP contribution is -2.30. The first kappa shape index (κ1) is 15.6. The highest BCUT2D eigenvalue weighted by atomic mass is 16.6. The highest BCUT2D eigenvalue weighted by Gasteiger charge is 2.26. The largest absolute Gasteiger partial charge is 0.455 e. The molecule has 0 saturated heterocycles. The first-order valence-electron chi connectivity index (χ1n) is 6.41. The van der Waals surface area contributed by atoms with Gasteiger partial charge in [0.15, 0.2) is 5.69 Å². The molecule has 0 aliphatic rings. The quantitative estimate of drug-likeness (QED) is 0.842. The van der Waals surface area contributed by atoms with Gasteiger partial charge in [-0.25, -0.2) is 9.48 Å². The maximum Gasteiger partial charge on any atom is 0.361 e. The zero-order valence-electron chi connectivity index (χ0n) is 12.5. The van der Waals surface area contributed by atoms with Gasteiger partial charge in [0, 0.05) is 0 Å². The number of rotatable bonds is 4. The van der Waals surface area contributed by atoms with E-state index in [2.05, 4.69) is 10.3 Å². The molecule has 1 heterocycles. The van der Waals surface area contributed by atoms with Crippen LogP contribution in [0.15, 0.2) is 0 Å². The standard InChI is InChI=1S/C13H23N3O3/c1-7-13(6,18)8-16-9(2)10(14-15-16)11(17)19-12(3,4)5/h18H,7-8H2,1-6H3. The molecule has 19 heavy (non-hydrogen) atoms. The van der Waals surface area contributed by atoms with E-state index >= 15 is 0 Å². The van der Waals surface area contributed by atoms with Gasteiger partial charge in [0.2, 0.25) is 0 Å². The molecule has 1 unspecified atom stereocenters. The Labute approximate surface area is 113 Å². The van der Waals surface area contributed by atoms with Gasteiger partial charge in [-0.3, -0.25) is 0 Å².